The monoisotopic (exact) mass is 570 g/mol. The Labute approximate surface area is 227 Å². The summed E-state index contributed by atoms with van der Waals surface area (Å²) < 4.78 is 50.1. The maximum atomic E-state index is 14.0. The number of carbonyl (C=O) groups excluding carboxylic acids is 2. The van der Waals surface area contributed by atoms with Gasteiger partial charge < -0.3 is 15.0 Å². The molecule has 2 heterocycles. The number of hydrogen-bond acceptors (Lipinski definition) is 6. The van der Waals surface area contributed by atoms with Crippen LogP contribution in [0, 0.1) is 13.8 Å². The minimum Gasteiger partial charge on any atom is -0.442 e. The molecule has 2 amide bonds. The zero-order chi connectivity index (χ0) is 28.5. The van der Waals surface area contributed by atoms with Gasteiger partial charge >= 0.3 is 6.09 Å². The lowest BCUT2D eigenvalue weighted by atomic mass is 10.1. The maximum absolute atomic E-state index is 14.0. The first kappa shape index (κ1) is 29.8. The Balaban J connectivity index is 1.95. The van der Waals surface area contributed by atoms with Crippen molar-refractivity contribution in [2.24, 2.45) is 4.36 Å². The molecule has 8 nitrogen and oxygen atoms in total. The van der Waals surface area contributed by atoms with Gasteiger partial charge in [0.2, 0.25) is 5.92 Å². The molecule has 38 heavy (non-hydrogen) atoms. The van der Waals surface area contributed by atoms with Crippen LogP contribution in [0.4, 0.5) is 25.1 Å². The first-order valence-electron chi connectivity index (χ1n) is 12.2. The van der Waals surface area contributed by atoms with E-state index in [1.54, 1.807) is 51.7 Å². The fraction of sp³-hybridized carbons (Fsp3) is 0.500. The molecular weight excluding hydrogens is 538 g/mol. The van der Waals surface area contributed by atoms with Gasteiger partial charge in [0.25, 0.3) is 5.91 Å². The Morgan fingerprint density at radius 3 is 2.55 bits per heavy atom. The molecule has 3 rings (SSSR count). The van der Waals surface area contributed by atoms with Crippen LogP contribution in [0.5, 0.6) is 0 Å². The smallest absolute Gasteiger partial charge is 0.442 e. The number of hydrogen-bond donors (Lipinski definition) is 1. The zero-order valence-electron chi connectivity index (χ0n) is 22.4. The molecule has 1 N–H and O–H groups in total. The molecule has 12 heteroatoms. The van der Waals surface area contributed by atoms with Crippen molar-refractivity contribution in [3.63, 3.8) is 0 Å². The van der Waals surface area contributed by atoms with E-state index in [9.17, 15) is 22.6 Å². The van der Waals surface area contributed by atoms with Gasteiger partial charge in [-0.15, -0.1) is 4.36 Å². The fourth-order valence-corrected chi connectivity index (χ4v) is 5.31. The summed E-state index contributed by atoms with van der Waals surface area (Å²) in [6.45, 7) is 8.76. The van der Waals surface area contributed by atoms with Crippen molar-refractivity contribution >= 4 is 44.8 Å². The summed E-state index contributed by atoms with van der Waals surface area (Å²) in [6, 6.07) is 6.15. The number of carbonyl (C=O) groups is 2. The van der Waals surface area contributed by atoms with E-state index < -0.39 is 33.3 Å². The molecule has 208 valence electrons. The van der Waals surface area contributed by atoms with E-state index in [0.29, 0.717) is 28.5 Å². The number of benzene rings is 1. The first-order valence-corrected chi connectivity index (χ1v) is 14.5. The van der Waals surface area contributed by atoms with Gasteiger partial charge in [0.05, 0.1) is 26.0 Å². The van der Waals surface area contributed by atoms with E-state index >= 15 is 0 Å². The second kappa shape index (κ2) is 11.1. The molecule has 1 atom stereocenters. The number of aryl methyl sites for hydroxylation is 1. The molecule has 1 fully saturated rings. The molecule has 1 aliphatic rings. The molecule has 0 bridgehead atoms. The Kier molecular flexibility index (Phi) is 8.72. The van der Waals surface area contributed by atoms with E-state index in [-0.39, 0.29) is 42.1 Å². The van der Waals surface area contributed by atoms with Crippen LogP contribution in [-0.4, -0.2) is 52.1 Å². The van der Waals surface area contributed by atoms with Gasteiger partial charge in [0.1, 0.15) is 11.4 Å². The third-order valence-corrected chi connectivity index (χ3v) is 8.12. The highest BCUT2D eigenvalue weighted by molar-refractivity contribution is 7.93. The van der Waals surface area contributed by atoms with Crippen LogP contribution >= 0.6 is 11.6 Å². The van der Waals surface area contributed by atoms with E-state index in [1.165, 1.54) is 18.4 Å². The maximum Gasteiger partial charge on any atom is 0.442 e. The molecule has 1 saturated heterocycles. The van der Waals surface area contributed by atoms with E-state index in [1.807, 2.05) is 0 Å². The summed E-state index contributed by atoms with van der Waals surface area (Å²) in [6.07, 6.45) is 0.0326. The topological polar surface area (TPSA) is 101 Å². The third-order valence-electron chi connectivity index (χ3n) is 5.94. The lowest BCUT2D eigenvalue weighted by molar-refractivity contribution is -0.0102. The van der Waals surface area contributed by atoms with Crippen molar-refractivity contribution in [1.29, 1.82) is 0 Å². The number of rotatable bonds is 4. The number of nitrogens with zero attached hydrogens (tertiary/aromatic N) is 3. The summed E-state index contributed by atoms with van der Waals surface area (Å²) in [4.78, 5) is 32.1. The van der Waals surface area contributed by atoms with Gasteiger partial charge in [0, 0.05) is 42.8 Å². The average molecular weight is 571 g/mol. The number of pyridine rings is 1. The summed E-state index contributed by atoms with van der Waals surface area (Å²) in [5, 5.41) is 3.07. The molecule has 1 aliphatic heterocycles. The lowest BCUT2D eigenvalue weighted by Gasteiger charge is -2.26. The minimum absolute atomic E-state index is 0.0420. The van der Waals surface area contributed by atoms with Gasteiger partial charge in [-0.1, -0.05) is 17.7 Å². The van der Waals surface area contributed by atoms with E-state index in [2.05, 4.69) is 14.7 Å². The predicted molar refractivity (Wildman–Crippen MR) is 145 cm³/mol. The first-order chi connectivity index (χ1) is 17.5. The number of halogens is 3. The Morgan fingerprint density at radius 1 is 1.21 bits per heavy atom. The molecule has 0 radical (unpaired) electrons. The van der Waals surface area contributed by atoms with Gasteiger partial charge in [-0.25, -0.2) is 22.8 Å². The normalized spacial score (nSPS) is 17.2. The highest BCUT2D eigenvalue weighted by atomic mass is 35.5. The number of aromatic nitrogens is 1. The Morgan fingerprint density at radius 2 is 1.89 bits per heavy atom. The second-order valence-electron chi connectivity index (χ2n) is 10.4. The van der Waals surface area contributed by atoms with Crippen molar-refractivity contribution in [3.8, 4) is 0 Å². The van der Waals surface area contributed by atoms with Crippen LogP contribution < -0.4 is 10.2 Å². The van der Waals surface area contributed by atoms with Gasteiger partial charge in [-0.05, 0) is 64.8 Å². The van der Waals surface area contributed by atoms with Crippen molar-refractivity contribution in [3.05, 3.63) is 46.1 Å². The summed E-state index contributed by atoms with van der Waals surface area (Å²) in [7, 11) is -3.18. The van der Waals surface area contributed by atoms with E-state index in [4.69, 9.17) is 16.3 Å². The standard InChI is InChI=1S/C26H33ClF2N4O4S/c1-16-20(22(30-17(2)21(16)27)33-13-8-11-26(28,29)12-14-33)23(34)31-18-9-7-10-19(15-18)38(6,36)32-24(35)37-25(3,4)5/h7,9-10,15H,8,11-14H2,1-6H3,(H,31,34). The van der Waals surface area contributed by atoms with Gasteiger partial charge in [-0.2, -0.15) is 0 Å². The Bertz CT molecular complexity index is 1370. The Hall–Kier alpha value is -2.79. The quantitative estimate of drug-likeness (QED) is 0.443. The zero-order valence-corrected chi connectivity index (χ0v) is 23.9. The van der Waals surface area contributed by atoms with Crippen molar-refractivity contribution < 1.29 is 27.3 Å². The van der Waals surface area contributed by atoms with Crippen LogP contribution in [0.2, 0.25) is 5.02 Å². The lowest BCUT2D eigenvalue weighted by Crippen LogP contribution is -2.30. The van der Waals surface area contributed by atoms with Crippen molar-refractivity contribution in [1.82, 2.24) is 4.98 Å². The van der Waals surface area contributed by atoms with Crippen LogP contribution in [0.3, 0.4) is 0 Å². The third kappa shape index (κ3) is 7.41. The van der Waals surface area contributed by atoms with Crippen LogP contribution in [0.15, 0.2) is 33.5 Å². The number of anilines is 2. The summed E-state index contributed by atoms with van der Waals surface area (Å²) >= 11 is 6.42. The molecule has 1 aromatic carbocycles. The predicted octanol–water partition coefficient (Wildman–Crippen LogP) is 6.62. The van der Waals surface area contributed by atoms with Crippen LogP contribution in [0.1, 0.15) is 61.6 Å². The molecule has 0 spiro atoms. The van der Waals surface area contributed by atoms with Gasteiger partial charge in [0.15, 0.2) is 0 Å². The molecule has 0 aliphatic carbocycles. The highest BCUT2D eigenvalue weighted by Crippen LogP contribution is 2.34. The molecule has 1 unspecified atom stereocenters. The van der Waals surface area contributed by atoms with Crippen molar-refractivity contribution in [2.75, 3.05) is 29.6 Å². The highest BCUT2D eigenvalue weighted by Gasteiger charge is 2.34. The second-order valence-corrected chi connectivity index (χ2v) is 13.0. The number of nitrogens with one attached hydrogen (secondary N) is 1. The van der Waals surface area contributed by atoms with Crippen molar-refractivity contribution in [2.45, 2.75) is 70.3 Å². The molecular formula is C26H33ClF2N4O4S. The largest absolute Gasteiger partial charge is 0.442 e. The summed E-state index contributed by atoms with van der Waals surface area (Å²) in [5.74, 6) is -3.03. The SMILES string of the molecule is Cc1nc(N2CCCC(F)(F)CC2)c(C(=O)Nc2cccc(S(C)(=O)=NC(=O)OC(C)(C)C)c2)c(C)c1Cl. The molecule has 0 saturated carbocycles. The average Bonchev–Trinajstić information content (AvgIpc) is 2.96. The molecule has 2 aromatic rings. The molecule has 1 aromatic heterocycles. The van der Waals surface area contributed by atoms with E-state index in [0.717, 1.165) is 0 Å². The van der Waals surface area contributed by atoms with Crippen LogP contribution in [-0.2, 0) is 14.5 Å². The van der Waals surface area contributed by atoms with Crippen LogP contribution in [0.25, 0.3) is 0 Å². The fourth-order valence-electron chi connectivity index (χ4n) is 4.07. The number of alkyl halides is 2. The van der Waals surface area contributed by atoms with Gasteiger partial charge in [-0.3, -0.25) is 4.79 Å². The number of amides is 2. The number of ether oxygens (including phenoxy) is 1. The minimum atomic E-state index is -3.18. The summed E-state index contributed by atoms with van der Waals surface area (Å²) in [5.41, 5.74) is 0.632.